The van der Waals surface area contributed by atoms with Crippen molar-refractivity contribution in [2.45, 2.75) is 0 Å². The van der Waals surface area contributed by atoms with Gasteiger partial charge >= 0.3 is 0 Å². The summed E-state index contributed by atoms with van der Waals surface area (Å²) >= 11 is 5.32. The fourth-order valence-electron chi connectivity index (χ4n) is 1.27. The van der Waals surface area contributed by atoms with Gasteiger partial charge in [-0.2, -0.15) is 0 Å². The second-order valence-corrected chi connectivity index (χ2v) is 3.80. The highest BCUT2D eigenvalue weighted by Crippen LogP contribution is 2.01. The third-order valence-corrected chi connectivity index (χ3v) is 2.36. The van der Waals surface area contributed by atoms with Gasteiger partial charge in [-0.25, -0.2) is 5.01 Å². The van der Waals surface area contributed by atoms with Crippen molar-refractivity contribution < 1.29 is 14.4 Å². The largest absolute Gasteiger partial charge is 0.301 e. The average molecular weight is 281 g/mol. The minimum absolute atomic E-state index is 0.236. The predicted molar refractivity (Wildman–Crippen MR) is 72.1 cm³/mol. The number of hydrazine groups is 1. The van der Waals surface area contributed by atoms with Crippen LogP contribution in [0.2, 0.25) is 0 Å². The van der Waals surface area contributed by atoms with E-state index in [4.69, 9.17) is 11.6 Å². The standard InChI is InChI=1S/C13H13ClN2O3/c14-10-12(18)15-16(8-9-17)13(19)7-6-11-4-2-1-3-5-11/h1-7,9H,8,10H2,(H,15,18). The molecule has 0 radical (unpaired) electrons. The number of alkyl halides is 1. The molecule has 19 heavy (non-hydrogen) atoms. The minimum Gasteiger partial charge on any atom is -0.301 e. The van der Waals surface area contributed by atoms with Crippen molar-refractivity contribution in [1.82, 2.24) is 10.4 Å². The van der Waals surface area contributed by atoms with Gasteiger partial charge in [-0.15, -0.1) is 11.6 Å². The van der Waals surface area contributed by atoms with Gasteiger partial charge in [-0.05, 0) is 11.6 Å². The van der Waals surface area contributed by atoms with Gasteiger partial charge < -0.3 is 4.79 Å². The number of halogens is 1. The third-order valence-electron chi connectivity index (χ3n) is 2.12. The molecule has 1 rings (SSSR count). The van der Waals surface area contributed by atoms with Crippen LogP contribution in [0.3, 0.4) is 0 Å². The molecule has 0 aromatic heterocycles. The number of aldehydes is 1. The van der Waals surface area contributed by atoms with E-state index in [0.29, 0.717) is 6.29 Å². The Kier molecular flexibility index (Phi) is 6.32. The van der Waals surface area contributed by atoms with Crippen molar-refractivity contribution in [3.8, 4) is 0 Å². The molecular weight excluding hydrogens is 268 g/mol. The quantitative estimate of drug-likeness (QED) is 0.379. The number of carbonyl (C=O) groups excluding carboxylic acids is 3. The first-order valence-corrected chi connectivity index (χ1v) is 6.04. The van der Waals surface area contributed by atoms with Crippen LogP contribution in [0.15, 0.2) is 36.4 Å². The van der Waals surface area contributed by atoms with E-state index < -0.39 is 11.8 Å². The van der Waals surface area contributed by atoms with Crippen LogP contribution in [0.1, 0.15) is 5.56 Å². The molecule has 0 spiro atoms. The van der Waals surface area contributed by atoms with Crippen molar-refractivity contribution >= 4 is 35.8 Å². The summed E-state index contributed by atoms with van der Waals surface area (Å²) in [7, 11) is 0. The molecule has 2 amide bonds. The highest BCUT2D eigenvalue weighted by atomic mass is 35.5. The number of hydrogen-bond donors (Lipinski definition) is 1. The minimum atomic E-state index is -0.551. The normalized spacial score (nSPS) is 10.2. The van der Waals surface area contributed by atoms with Gasteiger partial charge in [-0.3, -0.25) is 15.0 Å². The summed E-state index contributed by atoms with van der Waals surface area (Å²) in [5.74, 6) is -1.34. The van der Waals surface area contributed by atoms with Crippen LogP contribution < -0.4 is 5.43 Å². The molecule has 0 saturated carbocycles. The summed E-state index contributed by atoms with van der Waals surface area (Å²) in [5.41, 5.74) is 3.07. The Bertz CT molecular complexity index is 474. The second-order valence-electron chi connectivity index (χ2n) is 3.53. The summed E-state index contributed by atoms with van der Waals surface area (Å²) in [6, 6.07) is 9.18. The Morgan fingerprint density at radius 3 is 2.53 bits per heavy atom. The Hall–Kier alpha value is -2.14. The van der Waals surface area contributed by atoms with Crippen molar-refractivity contribution in [3.63, 3.8) is 0 Å². The van der Waals surface area contributed by atoms with Crippen LogP contribution in [-0.4, -0.2) is 35.5 Å². The summed E-state index contributed by atoms with van der Waals surface area (Å²) < 4.78 is 0. The molecule has 1 N–H and O–H groups in total. The van der Waals surface area contributed by atoms with Gasteiger partial charge in [-0.1, -0.05) is 30.3 Å². The van der Waals surface area contributed by atoms with Crippen LogP contribution in [0.25, 0.3) is 6.08 Å². The number of nitrogens with zero attached hydrogens (tertiary/aromatic N) is 1. The Morgan fingerprint density at radius 2 is 1.95 bits per heavy atom. The van der Waals surface area contributed by atoms with Gasteiger partial charge in [0.15, 0.2) is 0 Å². The second kappa shape index (κ2) is 8.05. The molecule has 0 bridgehead atoms. The zero-order valence-corrected chi connectivity index (χ0v) is 10.8. The van der Waals surface area contributed by atoms with Crippen LogP contribution >= 0.6 is 11.6 Å². The molecule has 0 aliphatic carbocycles. The summed E-state index contributed by atoms with van der Waals surface area (Å²) in [5, 5.41) is 0.900. The molecule has 0 atom stereocenters. The van der Waals surface area contributed by atoms with Crippen LogP contribution in [-0.2, 0) is 14.4 Å². The number of carbonyl (C=O) groups is 3. The molecule has 1 aromatic carbocycles. The molecule has 6 heteroatoms. The van der Waals surface area contributed by atoms with Crippen molar-refractivity contribution in [1.29, 1.82) is 0 Å². The molecule has 0 unspecified atom stereocenters. The van der Waals surface area contributed by atoms with Crippen LogP contribution in [0, 0.1) is 0 Å². The summed E-state index contributed by atoms with van der Waals surface area (Å²) in [6.07, 6.45) is 3.38. The predicted octanol–water partition coefficient (Wildman–Crippen LogP) is 0.997. The molecule has 5 nitrogen and oxygen atoms in total. The molecule has 0 fully saturated rings. The fraction of sp³-hybridized carbons (Fsp3) is 0.154. The van der Waals surface area contributed by atoms with E-state index >= 15 is 0 Å². The number of rotatable bonds is 5. The lowest BCUT2D eigenvalue weighted by molar-refractivity contribution is -0.138. The number of benzene rings is 1. The zero-order valence-electron chi connectivity index (χ0n) is 10.1. The third kappa shape index (κ3) is 5.35. The lowest BCUT2D eigenvalue weighted by atomic mass is 10.2. The van der Waals surface area contributed by atoms with Gasteiger partial charge in [0.1, 0.15) is 12.2 Å². The number of hydrogen-bond acceptors (Lipinski definition) is 3. The maximum Gasteiger partial charge on any atom is 0.265 e. The number of nitrogens with one attached hydrogen (secondary N) is 1. The van der Waals surface area contributed by atoms with Gasteiger partial charge in [0.2, 0.25) is 0 Å². The Morgan fingerprint density at radius 1 is 1.26 bits per heavy atom. The van der Waals surface area contributed by atoms with E-state index in [1.54, 1.807) is 6.08 Å². The van der Waals surface area contributed by atoms with Gasteiger partial charge in [0.05, 0.1) is 6.54 Å². The Labute approximate surface area is 115 Å². The summed E-state index contributed by atoms with van der Waals surface area (Å²) in [6.45, 7) is -0.236. The first-order chi connectivity index (χ1) is 9.17. The number of amides is 2. The molecule has 0 aliphatic heterocycles. The zero-order chi connectivity index (χ0) is 14.1. The van der Waals surface area contributed by atoms with Crippen LogP contribution in [0.4, 0.5) is 0 Å². The first kappa shape index (κ1) is 14.9. The average Bonchev–Trinajstić information content (AvgIpc) is 2.45. The SMILES string of the molecule is O=CCN(NC(=O)CCl)C(=O)C=Cc1ccccc1. The van der Waals surface area contributed by atoms with E-state index in [0.717, 1.165) is 10.6 Å². The lowest BCUT2D eigenvalue weighted by Crippen LogP contribution is -2.46. The lowest BCUT2D eigenvalue weighted by Gasteiger charge is -2.18. The van der Waals surface area contributed by atoms with Crippen molar-refractivity contribution in [3.05, 3.63) is 42.0 Å². The van der Waals surface area contributed by atoms with Crippen molar-refractivity contribution in [2.24, 2.45) is 0 Å². The molecular formula is C13H13ClN2O3. The molecule has 100 valence electrons. The van der Waals surface area contributed by atoms with Crippen molar-refractivity contribution in [2.75, 3.05) is 12.4 Å². The molecule has 1 aromatic rings. The van der Waals surface area contributed by atoms with Gasteiger partial charge in [0.25, 0.3) is 11.8 Å². The highest BCUT2D eigenvalue weighted by Gasteiger charge is 2.12. The molecule has 0 heterocycles. The first-order valence-electron chi connectivity index (χ1n) is 5.51. The maximum absolute atomic E-state index is 11.8. The Balaban J connectivity index is 2.69. The highest BCUT2D eigenvalue weighted by molar-refractivity contribution is 6.27. The van der Waals surface area contributed by atoms with E-state index in [1.807, 2.05) is 30.3 Å². The monoisotopic (exact) mass is 280 g/mol. The van der Waals surface area contributed by atoms with E-state index in [2.05, 4.69) is 5.43 Å². The van der Waals surface area contributed by atoms with E-state index in [1.165, 1.54) is 6.08 Å². The van der Waals surface area contributed by atoms with Gasteiger partial charge in [0, 0.05) is 6.08 Å². The fourth-order valence-corrected chi connectivity index (χ4v) is 1.33. The smallest absolute Gasteiger partial charge is 0.265 e. The summed E-state index contributed by atoms with van der Waals surface area (Å²) in [4.78, 5) is 33.3. The van der Waals surface area contributed by atoms with E-state index in [-0.39, 0.29) is 12.4 Å². The van der Waals surface area contributed by atoms with Crippen LogP contribution in [0.5, 0.6) is 0 Å². The molecule has 0 saturated heterocycles. The molecule has 0 aliphatic rings. The topological polar surface area (TPSA) is 66.5 Å². The maximum atomic E-state index is 11.8. The van der Waals surface area contributed by atoms with E-state index in [9.17, 15) is 14.4 Å².